The zero-order valence-corrected chi connectivity index (χ0v) is 10.3. The van der Waals surface area contributed by atoms with Crippen LogP contribution in [0.1, 0.15) is 16.1 Å². The van der Waals surface area contributed by atoms with Crippen LogP contribution in [0.3, 0.4) is 0 Å². The number of carbonyl (C=O) groups excluding carboxylic acids is 2. The maximum atomic E-state index is 12.6. The molecule has 0 spiro atoms. The smallest absolute Gasteiger partial charge is 0.454 e. The van der Waals surface area contributed by atoms with Crippen LogP contribution >= 0.6 is 0 Å². The number of fused-ring (bicyclic) bond motifs is 1. The number of Topliss-reactive ketones (excluding diaryl/α,β-unsaturated/α-hetero) is 1. The molecule has 0 amide bonds. The van der Waals surface area contributed by atoms with E-state index in [2.05, 4.69) is 0 Å². The standard InChI is InChI=1S/C13H10F3NO3/c1-7-11(12(20)13(14,15)16)8-4-2-3-5-9(8)17(7)6-10(18)19/h2-5H,6H2,1H3,(H,18,19)/p-1. The Labute approximate surface area is 111 Å². The first-order chi connectivity index (χ1) is 9.23. The van der Waals surface area contributed by atoms with Crippen molar-refractivity contribution in [1.29, 1.82) is 0 Å². The first-order valence-electron chi connectivity index (χ1n) is 5.62. The first kappa shape index (κ1) is 14.1. The number of para-hydroxylation sites is 1. The van der Waals surface area contributed by atoms with Gasteiger partial charge in [-0.2, -0.15) is 13.2 Å². The number of nitrogens with zero attached hydrogens (tertiary/aromatic N) is 1. The summed E-state index contributed by atoms with van der Waals surface area (Å²) in [5.74, 6) is -3.43. The van der Waals surface area contributed by atoms with Crippen molar-refractivity contribution in [3.63, 3.8) is 0 Å². The number of halogens is 3. The van der Waals surface area contributed by atoms with Gasteiger partial charge in [-0.25, -0.2) is 0 Å². The predicted octanol–water partition coefficient (Wildman–Crippen LogP) is 1.44. The van der Waals surface area contributed by atoms with Crippen molar-refractivity contribution in [2.75, 3.05) is 0 Å². The summed E-state index contributed by atoms with van der Waals surface area (Å²) in [6, 6.07) is 5.85. The van der Waals surface area contributed by atoms with E-state index in [1.165, 1.54) is 25.1 Å². The van der Waals surface area contributed by atoms with Crippen LogP contribution in [0.25, 0.3) is 10.9 Å². The fraction of sp³-hybridized carbons (Fsp3) is 0.231. The van der Waals surface area contributed by atoms with Crippen LogP contribution in [0, 0.1) is 6.92 Å². The van der Waals surface area contributed by atoms with Crippen molar-refractivity contribution in [2.24, 2.45) is 0 Å². The van der Waals surface area contributed by atoms with Crippen molar-refractivity contribution in [2.45, 2.75) is 19.6 Å². The van der Waals surface area contributed by atoms with Gasteiger partial charge in [-0.1, -0.05) is 18.2 Å². The Hall–Kier alpha value is -2.31. The molecule has 0 bridgehead atoms. The van der Waals surface area contributed by atoms with E-state index in [-0.39, 0.29) is 16.6 Å². The third-order valence-electron chi connectivity index (χ3n) is 3.00. The molecule has 0 aliphatic carbocycles. The summed E-state index contributed by atoms with van der Waals surface area (Å²) < 4.78 is 39.0. The van der Waals surface area contributed by atoms with Crippen molar-refractivity contribution in [3.8, 4) is 0 Å². The monoisotopic (exact) mass is 284 g/mol. The van der Waals surface area contributed by atoms with E-state index in [1.807, 2.05) is 0 Å². The van der Waals surface area contributed by atoms with Gasteiger partial charge in [-0.05, 0) is 13.0 Å². The molecule has 4 nitrogen and oxygen atoms in total. The molecule has 106 valence electrons. The van der Waals surface area contributed by atoms with Crippen molar-refractivity contribution >= 4 is 22.7 Å². The molecule has 20 heavy (non-hydrogen) atoms. The Morgan fingerprint density at radius 2 is 1.85 bits per heavy atom. The van der Waals surface area contributed by atoms with Crippen molar-refractivity contribution in [3.05, 3.63) is 35.5 Å². The van der Waals surface area contributed by atoms with E-state index in [4.69, 9.17) is 0 Å². The highest BCUT2D eigenvalue weighted by Gasteiger charge is 2.41. The van der Waals surface area contributed by atoms with Gasteiger partial charge in [0.2, 0.25) is 0 Å². The van der Waals surface area contributed by atoms with Crippen LogP contribution in [0.5, 0.6) is 0 Å². The van der Waals surface area contributed by atoms with Crippen molar-refractivity contribution < 1.29 is 27.9 Å². The average Bonchev–Trinajstić information content (AvgIpc) is 2.60. The summed E-state index contributed by atoms with van der Waals surface area (Å²) >= 11 is 0. The molecule has 0 N–H and O–H groups in total. The summed E-state index contributed by atoms with van der Waals surface area (Å²) in [4.78, 5) is 22.2. The number of hydrogen-bond acceptors (Lipinski definition) is 3. The summed E-state index contributed by atoms with van der Waals surface area (Å²) in [6.07, 6.45) is -5.01. The number of carboxylic acids is 1. The van der Waals surface area contributed by atoms with Gasteiger partial charge in [0.05, 0.1) is 18.1 Å². The number of carbonyl (C=O) groups is 2. The zero-order valence-electron chi connectivity index (χ0n) is 10.3. The molecular formula is C13H9F3NO3-. The van der Waals surface area contributed by atoms with E-state index in [1.54, 1.807) is 6.07 Å². The molecule has 0 aliphatic heterocycles. The number of rotatable bonds is 3. The maximum absolute atomic E-state index is 12.6. The molecule has 2 aromatic rings. The number of alkyl halides is 3. The topological polar surface area (TPSA) is 62.1 Å². The maximum Gasteiger partial charge on any atom is 0.454 e. The van der Waals surface area contributed by atoms with Crippen LogP contribution < -0.4 is 5.11 Å². The molecule has 1 aromatic heterocycles. The summed E-state index contributed by atoms with van der Waals surface area (Å²) in [5.41, 5.74) is -0.311. The Kier molecular flexibility index (Phi) is 3.29. The van der Waals surface area contributed by atoms with Crippen LogP contribution in [0.4, 0.5) is 13.2 Å². The van der Waals surface area contributed by atoms with Gasteiger partial charge in [0, 0.05) is 16.6 Å². The fourth-order valence-corrected chi connectivity index (χ4v) is 2.19. The van der Waals surface area contributed by atoms with Crippen LogP contribution in [0.15, 0.2) is 24.3 Å². The van der Waals surface area contributed by atoms with Gasteiger partial charge in [0.25, 0.3) is 5.78 Å². The molecule has 0 atom stereocenters. The highest BCUT2D eigenvalue weighted by molar-refractivity contribution is 6.12. The first-order valence-corrected chi connectivity index (χ1v) is 5.62. The number of ketones is 1. The molecule has 0 saturated carbocycles. The minimum Gasteiger partial charge on any atom is -0.548 e. The zero-order chi connectivity index (χ0) is 15.1. The number of hydrogen-bond donors (Lipinski definition) is 0. The van der Waals surface area contributed by atoms with Crippen LogP contribution in [-0.2, 0) is 11.3 Å². The molecule has 1 heterocycles. The van der Waals surface area contributed by atoms with Gasteiger partial charge in [-0.3, -0.25) is 4.79 Å². The Bertz CT molecular complexity index is 701. The number of aromatic nitrogens is 1. The summed E-state index contributed by atoms with van der Waals surface area (Å²) in [6.45, 7) is 0.666. The van der Waals surface area contributed by atoms with Crippen LogP contribution in [0.2, 0.25) is 0 Å². The Morgan fingerprint density at radius 3 is 2.40 bits per heavy atom. The largest absolute Gasteiger partial charge is 0.548 e. The molecule has 0 fully saturated rings. The van der Waals surface area contributed by atoms with E-state index < -0.39 is 30.0 Å². The SMILES string of the molecule is Cc1c(C(=O)C(F)(F)F)c2ccccc2n1CC(=O)[O-]. The van der Waals surface area contributed by atoms with Gasteiger partial charge in [0.1, 0.15) is 0 Å². The molecule has 1 aromatic carbocycles. The molecule has 0 radical (unpaired) electrons. The number of carboxylic acid groups (broad SMARTS) is 1. The van der Waals surface area contributed by atoms with Gasteiger partial charge < -0.3 is 14.5 Å². The fourth-order valence-electron chi connectivity index (χ4n) is 2.19. The second-order valence-corrected chi connectivity index (χ2v) is 4.26. The molecular weight excluding hydrogens is 275 g/mol. The highest BCUT2D eigenvalue weighted by atomic mass is 19.4. The summed E-state index contributed by atoms with van der Waals surface area (Å²) in [7, 11) is 0. The quantitative estimate of drug-likeness (QED) is 0.801. The van der Waals surface area contributed by atoms with E-state index in [0.29, 0.717) is 0 Å². The van der Waals surface area contributed by atoms with Gasteiger partial charge >= 0.3 is 6.18 Å². The molecule has 2 rings (SSSR count). The van der Waals surface area contributed by atoms with E-state index >= 15 is 0 Å². The Morgan fingerprint density at radius 1 is 1.25 bits per heavy atom. The number of benzene rings is 1. The highest BCUT2D eigenvalue weighted by Crippen LogP contribution is 2.31. The van der Waals surface area contributed by atoms with E-state index in [9.17, 15) is 27.9 Å². The predicted molar refractivity (Wildman–Crippen MR) is 62.1 cm³/mol. The lowest BCUT2D eigenvalue weighted by Gasteiger charge is -2.09. The third kappa shape index (κ3) is 2.26. The lowest BCUT2D eigenvalue weighted by Crippen LogP contribution is -2.28. The number of aliphatic carboxylic acids is 1. The third-order valence-corrected chi connectivity index (χ3v) is 3.00. The summed E-state index contributed by atoms with van der Waals surface area (Å²) in [5, 5.41) is 10.8. The molecule has 0 saturated heterocycles. The van der Waals surface area contributed by atoms with Crippen LogP contribution in [-0.4, -0.2) is 22.5 Å². The molecule has 7 heteroatoms. The Balaban J connectivity index is 2.75. The minimum absolute atomic E-state index is 0.0438. The van der Waals surface area contributed by atoms with Gasteiger partial charge in [0.15, 0.2) is 0 Å². The lowest BCUT2D eigenvalue weighted by molar-refractivity contribution is -0.306. The normalized spacial score (nSPS) is 11.8. The molecule has 0 aliphatic rings. The molecule has 0 unspecified atom stereocenters. The minimum atomic E-state index is -5.01. The van der Waals surface area contributed by atoms with E-state index in [0.717, 1.165) is 4.57 Å². The average molecular weight is 284 g/mol. The lowest BCUT2D eigenvalue weighted by atomic mass is 10.1. The van der Waals surface area contributed by atoms with Gasteiger partial charge in [-0.15, -0.1) is 0 Å². The second kappa shape index (κ2) is 4.66. The second-order valence-electron chi connectivity index (χ2n) is 4.26. The van der Waals surface area contributed by atoms with Crippen molar-refractivity contribution in [1.82, 2.24) is 4.57 Å².